The van der Waals surface area contributed by atoms with Crippen LogP contribution in [0.25, 0.3) is 10.6 Å². The number of carbonyl (C=O) groups excluding carboxylic acids is 1. The van der Waals surface area contributed by atoms with Crippen LogP contribution in [0, 0.1) is 0 Å². The molecule has 0 aliphatic rings. The molecular formula is C14H19N3O2S2. The molecule has 2 aromatic heterocycles. The monoisotopic (exact) mass is 325 g/mol. The minimum Gasteiger partial charge on any atom is -0.460 e. The fourth-order valence-corrected chi connectivity index (χ4v) is 3.13. The molecule has 0 saturated carbocycles. The first-order valence-electron chi connectivity index (χ1n) is 6.61. The third-order valence-corrected chi connectivity index (χ3v) is 4.64. The Hall–Kier alpha value is -1.34. The zero-order chi connectivity index (χ0) is 15.5. The molecule has 0 unspecified atom stereocenters. The lowest BCUT2D eigenvalue weighted by Gasteiger charge is -2.16. The quantitative estimate of drug-likeness (QED) is 0.624. The van der Waals surface area contributed by atoms with Gasteiger partial charge in [-0.05, 0) is 0 Å². The van der Waals surface area contributed by atoms with Crippen LogP contribution in [0.1, 0.15) is 31.3 Å². The zero-order valence-electron chi connectivity index (χ0n) is 12.6. The number of esters is 1. The average Bonchev–Trinajstić information content (AvgIpc) is 3.01. The summed E-state index contributed by atoms with van der Waals surface area (Å²) in [6.45, 7) is 6.82. The van der Waals surface area contributed by atoms with Gasteiger partial charge in [0.05, 0.1) is 6.20 Å². The number of hydrogen-bond donors (Lipinski definition) is 0. The molecule has 114 valence electrons. The summed E-state index contributed by atoms with van der Waals surface area (Å²) in [6, 6.07) is 0. The van der Waals surface area contributed by atoms with Gasteiger partial charge in [0, 0.05) is 34.7 Å². The van der Waals surface area contributed by atoms with Gasteiger partial charge in [-0.3, -0.25) is 4.68 Å². The van der Waals surface area contributed by atoms with E-state index in [-0.39, 0.29) is 10.7 Å². The van der Waals surface area contributed by atoms with E-state index in [2.05, 4.69) is 30.9 Å². The van der Waals surface area contributed by atoms with Crippen molar-refractivity contribution in [3.8, 4) is 10.6 Å². The summed E-state index contributed by atoms with van der Waals surface area (Å²) in [5.74, 6) is 0.422. The lowest BCUT2D eigenvalue weighted by molar-refractivity contribution is 0.0524. The summed E-state index contributed by atoms with van der Waals surface area (Å²) >= 11 is 3.19. The molecule has 0 N–H and O–H groups in total. The molecule has 0 aliphatic heterocycles. The van der Waals surface area contributed by atoms with Gasteiger partial charge in [-0.15, -0.1) is 11.3 Å². The highest BCUT2D eigenvalue weighted by molar-refractivity contribution is 8.00. The topological polar surface area (TPSA) is 57.0 Å². The normalized spacial score (nSPS) is 11.6. The number of carbonyl (C=O) groups is 1. The number of thioether (sulfide) groups is 1. The van der Waals surface area contributed by atoms with Crippen LogP contribution in [0.4, 0.5) is 0 Å². The van der Waals surface area contributed by atoms with E-state index >= 15 is 0 Å². The van der Waals surface area contributed by atoms with Crippen molar-refractivity contribution in [2.24, 2.45) is 7.05 Å². The molecule has 0 fully saturated rings. The lowest BCUT2D eigenvalue weighted by Crippen LogP contribution is -2.13. The van der Waals surface area contributed by atoms with E-state index in [1.54, 1.807) is 28.0 Å². The minimum atomic E-state index is -0.365. The second-order valence-electron chi connectivity index (χ2n) is 5.54. The van der Waals surface area contributed by atoms with Crippen molar-refractivity contribution in [2.45, 2.75) is 25.5 Å². The van der Waals surface area contributed by atoms with E-state index in [0.717, 1.165) is 16.3 Å². The average molecular weight is 325 g/mol. The number of nitrogens with zero attached hydrogens (tertiary/aromatic N) is 3. The zero-order valence-corrected chi connectivity index (χ0v) is 14.3. The molecule has 5 nitrogen and oxygen atoms in total. The van der Waals surface area contributed by atoms with Crippen LogP contribution in [0.2, 0.25) is 0 Å². The highest BCUT2D eigenvalue weighted by Crippen LogP contribution is 2.24. The predicted octanol–water partition coefficient (Wildman–Crippen LogP) is 3.23. The summed E-state index contributed by atoms with van der Waals surface area (Å²) < 4.78 is 7.13. The first-order valence-corrected chi connectivity index (χ1v) is 8.47. The molecule has 0 aliphatic carbocycles. The third-order valence-electron chi connectivity index (χ3n) is 2.52. The second-order valence-corrected chi connectivity index (χ2v) is 8.32. The number of hydrogen-bond acceptors (Lipinski definition) is 6. The van der Waals surface area contributed by atoms with E-state index in [1.807, 2.05) is 13.2 Å². The van der Waals surface area contributed by atoms with E-state index < -0.39 is 0 Å². The summed E-state index contributed by atoms with van der Waals surface area (Å²) in [6.07, 6.45) is 3.60. The molecule has 2 heterocycles. The molecule has 0 bridgehead atoms. The largest absolute Gasteiger partial charge is 0.460 e. The van der Waals surface area contributed by atoms with Crippen LogP contribution in [0.3, 0.4) is 0 Å². The first kappa shape index (κ1) is 16.0. The van der Waals surface area contributed by atoms with Crippen LogP contribution in [-0.2, 0) is 11.8 Å². The minimum absolute atomic E-state index is 0.181. The Morgan fingerprint density at radius 2 is 2.24 bits per heavy atom. The van der Waals surface area contributed by atoms with Crippen LogP contribution in [-0.4, -0.2) is 37.8 Å². The van der Waals surface area contributed by atoms with Gasteiger partial charge >= 0.3 is 5.97 Å². The summed E-state index contributed by atoms with van der Waals surface area (Å²) in [5.41, 5.74) is 1.27. The summed E-state index contributed by atoms with van der Waals surface area (Å²) in [7, 11) is 1.85. The smallest absolute Gasteiger partial charge is 0.357 e. The van der Waals surface area contributed by atoms with Crippen molar-refractivity contribution in [3.05, 3.63) is 23.5 Å². The van der Waals surface area contributed by atoms with E-state index in [0.29, 0.717) is 12.3 Å². The van der Waals surface area contributed by atoms with Crippen molar-refractivity contribution in [1.29, 1.82) is 0 Å². The first-order chi connectivity index (χ1) is 9.85. The molecular weight excluding hydrogens is 306 g/mol. The van der Waals surface area contributed by atoms with Gasteiger partial charge in [-0.1, -0.05) is 20.8 Å². The Balaban J connectivity index is 1.88. The molecule has 0 spiro atoms. The third kappa shape index (κ3) is 4.86. The number of thiazole rings is 1. The van der Waals surface area contributed by atoms with Gasteiger partial charge in [0.1, 0.15) is 11.6 Å². The van der Waals surface area contributed by atoms with E-state index in [1.165, 1.54) is 11.3 Å². The molecule has 0 saturated heterocycles. The molecule has 7 heteroatoms. The van der Waals surface area contributed by atoms with Crippen molar-refractivity contribution in [3.63, 3.8) is 0 Å². The maximum absolute atomic E-state index is 11.9. The van der Waals surface area contributed by atoms with Crippen LogP contribution >= 0.6 is 23.1 Å². The summed E-state index contributed by atoms with van der Waals surface area (Å²) in [4.78, 5) is 16.2. The highest BCUT2D eigenvalue weighted by Gasteiger charge is 2.15. The van der Waals surface area contributed by atoms with Gasteiger partial charge < -0.3 is 4.74 Å². The van der Waals surface area contributed by atoms with E-state index in [9.17, 15) is 4.79 Å². The molecule has 0 amide bonds. The number of ether oxygens (including phenoxy) is 1. The fourth-order valence-electron chi connectivity index (χ4n) is 1.59. The number of aryl methyl sites for hydroxylation is 1. The van der Waals surface area contributed by atoms with Crippen molar-refractivity contribution < 1.29 is 9.53 Å². The number of aromatic nitrogens is 3. The van der Waals surface area contributed by atoms with Gasteiger partial charge in [-0.2, -0.15) is 16.9 Å². The Labute approximate surface area is 132 Å². The molecule has 21 heavy (non-hydrogen) atoms. The Morgan fingerprint density at radius 1 is 1.48 bits per heavy atom. The van der Waals surface area contributed by atoms with Crippen LogP contribution in [0.15, 0.2) is 17.8 Å². The van der Waals surface area contributed by atoms with Gasteiger partial charge in [0.15, 0.2) is 5.69 Å². The lowest BCUT2D eigenvalue weighted by atomic mass is 10.3. The van der Waals surface area contributed by atoms with Crippen molar-refractivity contribution in [2.75, 3.05) is 12.4 Å². The molecule has 0 atom stereocenters. The predicted molar refractivity (Wildman–Crippen MR) is 86.8 cm³/mol. The van der Waals surface area contributed by atoms with Crippen molar-refractivity contribution in [1.82, 2.24) is 14.8 Å². The highest BCUT2D eigenvalue weighted by atomic mass is 32.2. The van der Waals surface area contributed by atoms with Gasteiger partial charge in [0.25, 0.3) is 0 Å². The Morgan fingerprint density at radius 3 is 2.86 bits per heavy atom. The summed E-state index contributed by atoms with van der Waals surface area (Å²) in [5, 5.41) is 6.60. The number of rotatable bonds is 5. The Bertz CT molecular complexity index is 614. The molecule has 0 radical (unpaired) electrons. The molecule has 2 aromatic rings. The molecule has 2 rings (SSSR count). The SMILES string of the molecule is Cn1cc(-c2nc(C(=O)OCCSC(C)(C)C)cs2)cn1. The van der Waals surface area contributed by atoms with Gasteiger partial charge in [0.2, 0.25) is 0 Å². The van der Waals surface area contributed by atoms with Gasteiger partial charge in [-0.25, -0.2) is 9.78 Å². The Kier molecular flexibility index (Phi) is 5.05. The maximum Gasteiger partial charge on any atom is 0.357 e. The van der Waals surface area contributed by atoms with Crippen LogP contribution < -0.4 is 0 Å². The second kappa shape index (κ2) is 6.62. The van der Waals surface area contributed by atoms with Crippen LogP contribution in [0.5, 0.6) is 0 Å². The maximum atomic E-state index is 11.9. The standard InChI is InChI=1S/C14H19N3O2S2/c1-14(2,3)21-6-5-19-13(18)11-9-20-12(16-11)10-7-15-17(4)8-10/h7-9H,5-6H2,1-4H3. The fraction of sp³-hybridized carbons (Fsp3) is 0.500. The van der Waals surface area contributed by atoms with E-state index in [4.69, 9.17) is 4.74 Å². The molecule has 0 aromatic carbocycles. The van der Waals surface area contributed by atoms with Crippen molar-refractivity contribution >= 4 is 29.1 Å².